The lowest BCUT2D eigenvalue weighted by atomic mass is 10.0. The summed E-state index contributed by atoms with van der Waals surface area (Å²) in [4.78, 5) is 25.1. The van der Waals surface area contributed by atoms with Crippen LogP contribution in [0.2, 0.25) is 0 Å². The number of aromatic carboxylic acids is 1. The minimum absolute atomic E-state index is 0.0483. The van der Waals surface area contributed by atoms with Gasteiger partial charge in [0.1, 0.15) is 6.04 Å². The Morgan fingerprint density at radius 3 is 2.81 bits per heavy atom. The molecule has 0 radical (unpaired) electrons. The number of rotatable bonds is 3. The summed E-state index contributed by atoms with van der Waals surface area (Å²) in [6.07, 6.45) is 0. The van der Waals surface area contributed by atoms with Crippen molar-refractivity contribution in [1.82, 2.24) is 5.32 Å². The molecule has 1 amide bonds. The number of morpholine rings is 1. The molecule has 0 spiro atoms. The molecule has 21 heavy (non-hydrogen) atoms. The Balaban J connectivity index is 2.43. The van der Waals surface area contributed by atoms with E-state index >= 15 is 0 Å². The van der Waals surface area contributed by atoms with E-state index in [4.69, 9.17) is 10.5 Å². The monoisotopic (exact) mass is 293 g/mol. The molecule has 1 fully saturated rings. The van der Waals surface area contributed by atoms with Gasteiger partial charge in [0.25, 0.3) is 0 Å². The van der Waals surface area contributed by atoms with Crippen LogP contribution >= 0.6 is 0 Å². The van der Waals surface area contributed by atoms with Gasteiger partial charge in [-0.15, -0.1) is 0 Å². The van der Waals surface area contributed by atoms with Gasteiger partial charge in [0.15, 0.2) is 0 Å². The zero-order valence-electron chi connectivity index (χ0n) is 12.0. The first-order chi connectivity index (χ1) is 9.95. The van der Waals surface area contributed by atoms with Crippen molar-refractivity contribution in [3.8, 4) is 0 Å². The van der Waals surface area contributed by atoms with Crippen LogP contribution in [0, 0.1) is 6.92 Å². The highest BCUT2D eigenvalue weighted by atomic mass is 16.5. The molecular formula is C14H19N3O4. The van der Waals surface area contributed by atoms with E-state index in [-0.39, 0.29) is 23.8 Å². The fourth-order valence-corrected chi connectivity index (χ4v) is 2.42. The number of amides is 1. The van der Waals surface area contributed by atoms with E-state index in [0.29, 0.717) is 24.4 Å². The second kappa shape index (κ2) is 6.01. The molecule has 0 bridgehead atoms. The first kappa shape index (κ1) is 15.1. The number of carbonyl (C=O) groups excluding carboxylic acids is 1. The van der Waals surface area contributed by atoms with Gasteiger partial charge in [-0.1, -0.05) is 0 Å². The van der Waals surface area contributed by atoms with Crippen LogP contribution in [0.4, 0.5) is 11.4 Å². The van der Waals surface area contributed by atoms with Crippen LogP contribution < -0.4 is 16.0 Å². The third-order valence-corrected chi connectivity index (χ3v) is 3.61. The molecule has 2 rings (SSSR count). The Kier molecular flexibility index (Phi) is 4.32. The van der Waals surface area contributed by atoms with Gasteiger partial charge < -0.3 is 25.8 Å². The molecule has 0 aliphatic carbocycles. The molecule has 1 unspecified atom stereocenters. The lowest BCUT2D eigenvalue weighted by Crippen LogP contribution is -2.53. The quantitative estimate of drug-likeness (QED) is 0.689. The predicted molar refractivity (Wildman–Crippen MR) is 78.6 cm³/mol. The van der Waals surface area contributed by atoms with Gasteiger partial charge >= 0.3 is 5.97 Å². The third-order valence-electron chi connectivity index (χ3n) is 3.61. The zero-order valence-corrected chi connectivity index (χ0v) is 12.0. The topological polar surface area (TPSA) is 105 Å². The van der Waals surface area contributed by atoms with Gasteiger partial charge in [0, 0.05) is 25.0 Å². The lowest BCUT2D eigenvalue weighted by Gasteiger charge is -2.36. The van der Waals surface area contributed by atoms with E-state index in [0.717, 1.165) is 0 Å². The number of aryl methyl sites for hydroxylation is 1. The second-order valence-electron chi connectivity index (χ2n) is 4.93. The molecular weight excluding hydrogens is 274 g/mol. The van der Waals surface area contributed by atoms with Crippen molar-refractivity contribution in [2.45, 2.75) is 13.0 Å². The Morgan fingerprint density at radius 2 is 2.19 bits per heavy atom. The van der Waals surface area contributed by atoms with Crippen molar-refractivity contribution >= 4 is 23.3 Å². The fourth-order valence-electron chi connectivity index (χ4n) is 2.42. The molecule has 7 heteroatoms. The van der Waals surface area contributed by atoms with Gasteiger partial charge in [0.2, 0.25) is 5.91 Å². The molecule has 1 atom stereocenters. The number of hydrogen-bond donors (Lipinski definition) is 3. The van der Waals surface area contributed by atoms with Crippen LogP contribution in [-0.2, 0) is 9.53 Å². The van der Waals surface area contributed by atoms with Gasteiger partial charge in [-0.25, -0.2) is 4.79 Å². The summed E-state index contributed by atoms with van der Waals surface area (Å²) >= 11 is 0. The highest BCUT2D eigenvalue weighted by Crippen LogP contribution is 2.28. The molecule has 1 aliphatic rings. The zero-order chi connectivity index (χ0) is 15.6. The largest absolute Gasteiger partial charge is 0.478 e. The Bertz CT molecular complexity index is 574. The number of likely N-dealkylation sites (N-methyl/N-ethyl adjacent to an activating group) is 1. The van der Waals surface area contributed by atoms with Crippen molar-refractivity contribution in [2.75, 3.05) is 37.4 Å². The van der Waals surface area contributed by atoms with Crippen LogP contribution in [0.1, 0.15) is 15.9 Å². The van der Waals surface area contributed by atoms with Crippen LogP contribution in [0.3, 0.4) is 0 Å². The van der Waals surface area contributed by atoms with E-state index in [1.165, 1.54) is 6.07 Å². The minimum atomic E-state index is -1.08. The molecule has 1 heterocycles. The van der Waals surface area contributed by atoms with Gasteiger partial charge in [-0.05, 0) is 24.6 Å². The van der Waals surface area contributed by atoms with Crippen LogP contribution in [0.15, 0.2) is 12.1 Å². The number of ether oxygens (including phenoxy) is 1. The summed E-state index contributed by atoms with van der Waals surface area (Å²) in [6.45, 7) is 3.02. The highest BCUT2D eigenvalue weighted by Gasteiger charge is 2.30. The number of benzene rings is 1. The van der Waals surface area contributed by atoms with Crippen LogP contribution in [0.5, 0.6) is 0 Å². The number of anilines is 2. The number of nitrogens with zero attached hydrogens (tertiary/aromatic N) is 1. The fraction of sp³-hybridized carbons (Fsp3) is 0.429. The number of carboxylic acid groups (broad SMARTS) is 1. The predicted octanol–water partition coefficient (Wildman–Crippen LogP) is 0.227. The summed E-state index contributed by atoms with van der Waals surface area (Å²) < 4.78 is 5.34. The first-order valence-corrected chi connectivity index (χ1v) is 6.65. The number of hydrogen-bond acceptors (Lipinski definition) is 5. The number of nitrogen functional groups attached to an aromatic ring is 1. The maximum Gasteiger partial charge on any atom is 0.337 e. The molecule has 114 valence electrons. The van der Waals surface area contributed by atoms with Gasteiger partial charge in [0.05, 0.1) is 18.8 Å². The molecule has 0 aromatic heterocycles. The number of carboxylic acids is 1. The summed E-state index contributed by atoms with van der Waals surface area (Å²) in [5.74, 6) is -1.25. The first-order valence-electron chi connectivity index (χ1n) is 6.65. The number of nitrogens with two attached hydrogens (primary N) is 1. The van der Waals surface area contributed by atoms with Crippen LogP contribution in [0.25, 0.3) is 0 Å². The summed E-state index contributed by atoms with van der Waals surface area (Å²) in [5, 5.41) is 11.8. The molecule has 0 saturated carbocycles. The SMILES string of the molecule is CNC(=O)C1COCCN1c1cc(C)c(N)c(C(=O)O)c1. The van der Waals surface area contributed by atoms with Crippen molar-refractivity contribution in [3.63, 3.8) is 0 Å². The standard InChI is InChI=1S/C14H19N3O4/c1-8-5-9(6-10(12(8)15)14(19)20)17-3-4-21-7-11(17)13(18)16-2/h5-6,11H,3-4,7,15H2,1-2H3,(H,16,18)(H,19,20). The summed E-state index contributed by atoms with van der Waals surface area (Å²) in [7, 11) is 1.56. The van der Waals surface area contributed by atoms with Crippen molar-refractivity contribution in [2.24, 2.45) is 0 Å². The third kappa shape index (κ3) is 2.92. The Labute approximate surface area is 122 Å². The molecule has 1 aromatic rings. The molecule has 1 aliphatic heterocycles. The van der Waals surface area contributed by atoms with Gasteiger partial charge in [-0.3, -0.25) is 4.79 Å². The van der Waals surface area contributed by atoms with E-state index in [2.05, 4.69) is 5.32 Å². The average molecular weight is 293 g/mol. The molecule has 7 nitrogen and oxygen atoms in total. The normalized spacial score (nSPS) is 18.4. The summed E-state index contributed by atoms with van der Waals surface area (Å²) in [5.41, 5.74) is 7.43. The molecule has 1 saturated heterocycles. The van der Waals surface area contributed by atoms with E-state index < -0.39 is 12.0 Å². The average Bonchev–Trinajstić information content (AvgIpc) is 2.48. The molecule has 1 aromatic carbocycles. The van der Waals surface area contributed by atoms with Crippen molar-refractivity contribution in [3.05, 3.63) is 23.3 Å². The minimum Gasteiger partial charge on any atom is -0.478 e. The van der Waals surface area contributed by atoms with E-state index in [9.17, 15) is 14.7 Å². The van der Waals surface area contributed by atoms with Crippen molar-refractivity contribution in [1.29, 1.82) is 0 Å². The second-order valence-corrected chi connectivity index (χ2v) is 4.93. The van der Waals surface area contributed by atoms with Gasteiger partial charge in [-0.2, -0.15) is 0 Å². The van der Waals surface area contributed by atoms with E-state index in [1.807, 2.05) is 4.90 Å². The Hall–Kier alpha value is -2.28. The van der Waals surface area contributed by atoms with E-state index in [1.54, 1.807) is 20.0 Å². The smallest absolute Gasteiger partial charge is 0.337 e. The number of nitrogens with one attached hydrogen (secondary N) is 1. The maximum absolute atomic E-state index is 11.9. The molecule has 4 N–H and O–H groups in total. The summed E-state index contributed by atoms with van der Waals surface area (Å²) in [6, 6.07) is 2.82. The van der Waals surface area contributed by atoms with Crippen LogP contribution in [-0.4, -0.2) is 49.8 Å². The lowest BCUT2D eigenvalue weighted by molar-refractivity contribution is -0.124. The maximum atomic E-state index is 11.9. The number of carbonyl (C=O) groups is 2. The highest BCUT2D eigenvalue weighted by molar-refractivity contribution is 5.96. The Morgan fingerprint density at radius 1 is 1.48 bits per heavy atom. The van der Waals surface area contributed by atoms with Crippen molar-refractivity contribution < 1.29 is 19.4 Å².